The largest absolute Gasteiger partial charge is 0.373 e. The van der Waals surface area contributed by atoms with Gasteiger partial charge in [-0.2, -0.15) is 5.10 Å². The van der Waals surface area contributed by atoms with Crippen LogP contribution in [0.25, 0.3) is 5.69 Å². The van der Waals surface area contributed by atoms with Crippen molar-refractivity contribution >= 4 is 5.91 Å². The van der Waals surface area contributed by atoms with Gasteiger partial charge in [0, 0.05) is 37.9 Å². The van der Waals surface area contributed by atoms with Crippen molar-refractivity contribution in [3.05, 3.63) is 57.8 Å². The van der Waals surface area contributed by atoms with Gasteiger partial charge in [-0.15, -0.1) is 0 Å². The summed E-state index contributed by atoms with van der Waals surface area (Å²) in [5, 5.41) is 6.86. The molecule has 29 heavy (non-hydrogen) atoms. The zero-order chi connectivity index (χ0) is 21.0. The van der Waals surface area contributed by atoms with Crippen molar-refractivity contribution < 1.29 is 13.9 Å². The second-order valence-electron chi connectivity index (χ2n) is 7.49. The van der Waals surface area contributed by atoms with E-state index in [-0.39, 0.29) is 23.6 Å². The average molecular weight is 402 g/mol. The van der Waals surface area contributed by atoms with Crippen molar-refractivity contribution in [3.8, 4) is 5.69 Å². The number of morpholine rings is 1. The molecule has 1 aromatic heterocycles. The summed E-state index contributed by atoms with van der Waals surface area (Å²) in [5.41, 5.74) is -0.0855. The van der Waals surface area contributed by atoms with Gasteiger partial charge in [0.1, 0.15) is 11.5 Å². The quantitative estimate of drug-likeness (QED) is 0.747. The molecule has 156 valence electrons. The molecule has 0 bridgehead atoms. The zero-order valence-corrected chi connectivity index (χ0v) is 17.0. The van der Waals surface area contributed by atoms with Gasteiger partial charge in [-0.1, -0.05) is 12.1 Å². The van der Waals surface area contributed by atoms with Gasteiger partial charge in [-0.3, -0.25) is 14.5 Å². The Kier molecular flexibility index (Phi) is 6.76. The Bertz CT molecular complexity index is 920. The highest BCUT2D eigenvalue weighted by atomic mass is 19.1. The number of benzene rings is 1. The van der Waals surface area contributed by atoms with Crippen LogP contribution in [0.4, 0.5) is 4.39 Å². The summed E-state index contributed by atoms with van der Waals surface area (Å²) in [7, 11) is 0. The molecule has 1 aromatic carbocycles. The highest BCUT2D eigenvalue weighted by Crippen LogP contribution is 2.13. The number of hydrogen-bond acceptors (Lipinski definition) is 5. The van der Waals surface area contributed by atoms with E-state index in [4.69, 9.17) is 4.74 Å². The molecular formula is C21H27FN4O3. The van der Waals surface area contributed by atoms with Gasteiger partial charge in [0.15, 0.2) is 5.69 Å². The van der Waals surface area contributed by atoms with E-state index < -0.39 is 17.2 Å². The molecule has 3 rings (SSSR count). The number of para-hydroxylation sites is 1. The van der Waals surface area contributed by atoms with E-state index in [0.717, 1.165) is 26.1 Å². The van der Waals surface area contributed by atoms with Gasteiger partial charge in [-0.25, -0.2) is 9.07 Å². The Labute approximate surface area is 169 Å². The highest BCUT2D eigenvalue weighted by molar-refractivity contribution is 5.92. The molecule has 2 atom stereocenters. The van der Waals surface area contributed by atoms with E-state index in [1.807, 2.05) is 13.8 Å². The smallest absolute Gasteiger partial charge is 0.275 e. The number of amides is 1. The number of aromatic nitrogens is 2. The summed E-state index contributed by atoms with van der Waals surface area (Å²) < 4.78 is 21.1. The summed E-state index contributed by atoms with van der Waals surface area (Å²) in [5.74, 6) is -1.03. The van der Waals surface area contributed by atoms with Crippen molar-refractivity contribution in [2.24, 2.45) is 0 Å². The molecule has 0 radical (unpaired) electrons. The summed E-state index contributed by atoms with van der Waals surface area (Å²) >= 11 is 0. The summed E-state index contributed by atoms with van der Waals surface area (Å²) in [6, 6.07) is 7.39. The highest BCUT2D eigenvalue weighted by Gasteiger charge is 2.22. The molecule has 2 unspecified atom stereocenters. The molecule has 1 aliphatic heterocycles. The van der Waals surface area contributed by atoms with E-state index in [1.54, 1.807) is 25.1 Å². The van der Waals surface area contributed by atoms with E-state index in [9.17, 15) is 14.0 Å². The van der Waals surface area contributed by atoms with Crippen LogP contribution in [-0.4, -0.2) is 59.0 Å². The van der Waals surface area contributed by atoms with Crippen LogP contribution in [0.3, 0.4) is 0 Å². The molecule has 1 aliphatic rings. The molecular weight excluding hydrogens is 375 g/mol. The second-order valence-corrected chi connectivity index (χ2v) is 7.49. The molecule has 1 N–H and O–H groups in total. The summed E-state index contributed by atoms with van der Waals surface area (Å²) in [6.07, 6.45) is 1.14. The number of carbonyl (C=O) groups is 1. The van der Waals surface area contributed by atoms with Crippen molar-refractivity contribution in [3.63, 3.8) is 0 Å². The molecule has 1 fully saturated rings. The van der Waals surface area contributed by atoms with Gasteiger partial charge >= 0.3 is 0 Å². The Hall–Kier alpha value is -2.58. The van der Waals surface area contributed by atoms with Gasteiger partial charge in [0.05, 0.1) is 12.2 Å². The van der Waals surface area contributed by atoms with E-state index in [0.29, 0.717) is 12.2 Å². The molecule has 0 saturated carbocycles. The lowest BCUT2D eigenvalue weighted by Crippen LogP contribution is -2.46. The van der Waals surface area contributed by atoms with Gasteiger partial charge < -0.3 is 10.1 Å². The molecule has 8 heteroatoms. The third kappa shape index (κ3) is 5.27. The minimum atomic E-state index is -0.552. The minimum Gasteiger partial charge on any atom is -0.373 e. The molecule has 2 heterocycles. The number of nitrogens with one attached hydrogen (secondary N) is 1. The Morgan fingerprint density at radius 3 is 2.66 bits per heavy atom. The predicted molar refractivity (Wildman–Crippen MR) is 108 cm³/mol. The van der Waals surface area contributed by atoms with E-state index in [1.165, 1.54) is 16.8 Å². The lowest BCUT2D eigenvalue weighted by Gasteiger charge is -2.35. The molecule has 1 saturated heterocycles. The first-order valence-corrected chi connectivity index (χ1v) is 9.87. The number of hydrogen-bond donors (Lipinski definition) is 1. The standard InChI is InChI=1S/C21H27FN4O3/c1-14-11-19(27)20(24-26(14)18-8-5-4-7-17(18)22)21(28)23-9-6-10-25-12-15(2)29-16(3)13-25/h4-5,7-8,11,15-16H,6,9-10,12-13H2,1-3H3,(H,23,28). The van der Waals surface area contributed by atoms with Crippen molar-refractivity contribution in [2.45, 2.75) is 39.4 Å². The predicted octanol–water partition coefficient (Wildman–Crippen LogP) is 1.91. The van der Waals surface area contributed by atoms with Crippen molar-refractivity contribution in [1.82, 2.24) is 20.0 Å². The normalized spacial score (nSPS) is 19.9. The monoisotopic (exact) mass is 402 g/mol. The van der Waals surface area contributed by atoms with Crippen LogP contribution >= 0.6 is 0 Å². The number of rotatable bonds is 6. The third-order valence-corrected chi connectivity index (χ3v) is 4.84. The first-order valence-electron chi connectivity index (χ1n) is 9.87. The minimum absolute atomic E-state index is 0.189. The lowest BCUT2D eigenvalue weighted by molar-refractivity contribution is -0.0680. The van der Waals surface area contributed by atoms with Gasteiger partial charge in [0.2, 0.25) is 5.43 Å². The maximum absolute atomic E-state index is 14.1. The van der Waals surface area contributed by atoms with E-state index >= 15 is 0 Å². The Morgan fingerprint density at radius 1 is 1.28 bits per heavy atom. The van der Waals surface area contributed by atoms with Crippen LogP contribution in [0.1, 0.15) is 36.5 Å². The molecule has 0 aliphatic carbocycles. The molecule has 2 aromatic rings. The fourth-order valence-electron chi connectivity index (χ4n) is 3.63. The van der Waals surface area contributed by atoms with E-state index in [2.05, 4.69) is 15.3 Å². The third-order valence-electron chi connectivity index (χ3n) is 4.84. The fourth-order valence-corrected chi connectivity index (χ4v) is 3.63. The molecule has 0 spiro atoms. The summed E-state index contributed by atoms with van der Waals surface area (Å²) in [6.45, 7) is 8.73. The zero-order valence-electron chi connectivity index (χ0n) is 17.0. The van der Waals surface area contributed by atoms with Crippen LogP contribution in [0, 0.1) is 12.7 Å². The van der Waals surface area contributed by atoms with Crippen LogP contribution in [0.5, 0.6) is 0 Å². The average Bonchev–Trinajstić information content (AvgIpc) is 2.65. The van der Waals surface area contributed by atoms with Crippen LogP contribution < -0.4 is 10.7 Å². The van der Waals surface area contributed by atoms with Crippen LogP contribution in [0.2, 0.25) is 0 Å². The van der Waals surface area contributed by atoms with Gasteiger partial charge in [-0.05, 0) is 39.3 Å². The SMILES string of the molecule is Cc1cc(=O)c(C(=O)NCCCN2CC(C)OC(C)C2)nn1-c1ccccc1F. The van der Waals surface area contributed by atoms with Crippen molar-refractivity contribution in [1.29, 1.82) is 0 Å². The number of halogens is 1. The number of ether oxygens (including phenoxy) is 1. The van der Waals surface area contributed by atoms with Gasteiger partial charge in [0.25, 0.3) is 5.91 Å². The number of carbonyl (C=O) groups excluding carboxylic acids is 1. The lowest BCUT2D eigenvalue weighted by atomic mass is 10.2. The molecule has 1 amide bonds. The Morgan fingerprint density at radius 2 is 1.97 bits per heavy atom. The first kappa shape index (κ1) is 21.1. The first-order chi connectivity index (χ1) is 13.8. The number of aryl methyl sites for hydroxylation is 1. The maximum atomic E-state index is 14.1. The van der Waals surface area contributed by atoms with Crippen LogP contribution in [-0.2, 0) is 4.74 Å². The topological polar surface area (TPSA) is 76.5 Å². The van der Waals surface area contributed by atoms with Crippen molar-refractivity contribution in [2.75, 3.05) is 26.2 Å². The second kappa shape index (κ2) is 9.28. The number of nitrogens with zero attached hydrogens (tertiary/aromatic N) is 3. The fraction of sp³-hybridized carbons (Fsp3) is 0.476. The van der Waals surface area contributed by atoms with Crippen LogP contribution in [0.15, 0.2) is 35.1 Å². The Balaban J connectivity index is 1.63. The maximum Gasteiger partial charge on any atom is 0.275 e. The summed E-state index contributed by atoms with van der Waals surface area (Å²) in [4.78, 5) is 27.0. The molecule has 7 nitrogen and oxygen atoms in total.